The van der Waals surface area contributed by atoms with Gasteiger partial charge in [0.05, 0.1) is 0 Å². The Kier molecular flexibility index (Phi) is 6.49. The first-order chi connectivity index (χ1) is 12.6. The molecule has 2 rings (SSSR count). The number of aliphatic carboxylic acids is 1. The molecule has 3 atom stereocenters. The number of carboxylic acids is 1. The van der Waals surface area contributed by atoms with E-state index in [1.165, 1.54) is 6.92 Å². The van der Waals surface area contributed by atoms with E-state index < -0.39 is 29.9 Å². The van der Waals surface area contributed by atoms with E-state index in [2.05, 4.69) is 10.6 Å². The molecule has 1 heterocycles. The van der Waals surface area contributed by atoms with Gasteiger partial charge in [-0.3, -0.25) is 14.4 Å². The number of benzene rings is 1. The van der Waals surface area contributed by atoms with Gasteiger partial charge in [-0.05, 0) is 37.1 Å². The van der Waals surface area contributed by atoms with E-state index in [9.17, 15) is 14.4 Å². The number of aryl methyl sites for hydroxylation is 1. The summed E-state index contributed by atoms with van der Waals surface area (Å²) in [6, 6.07) is 5.16. The maximum atomic E-state index is 12.8. The quantitative estimate of drug-likeness (QED) is 0.673. The monoisotopic (exact) mass is 393 g/mol. The Morgan fingerprint density at radius 3 is 2.44 bits per heavy atom. The second kappa shape index (κ2) is 8.43. The van der Waals surface area contributed by atoms with E-state index in [0.717, 1.165) is 10.9 Å². The lowest BCUT2D eigenvalue weighted by molar-refractivity contribution is -0.141. The van der Waals surface area contributed by atoms with Gasteiger partial charge in [0.2, 0.25) is 5.91 Å². The van der Waals surface area contributed by atoms with E-state index in [1.807, 2.05) is 19.9 Å². The predicted octanol–water partition coefficient (Wildman–Crippen LogP) is 2.57. The van der Waals surface area contributed by atoms with Gasteiger partial charge in [-0.2, -0.15) is 0 Å². The van der Waals surface area contributed by atoms with Crippen LogP contribution in [0.3, 0.4) is 0 Å². The number of nitrogens with zero attached hydrogens (tertiary/aromatic N) is 1. The molecule has 8 heteroatoms. The molecule has 0 saturated heterocycles. The lowest BCUT2D eigenvalue weighted by atomic mass is 9.98. The van der Waals surface area contributed by atoms with Crippen molar-refractivity contribution in [3.8, 4) is 0 Å². The molecule has 2 amide bonds. The summed E-state index contributed by atoms with van der Waals surface area (Å²) in [6.07, 6.45) is 0.643. The molecular weight excluding hydrogens is 370 g/mol. The smallest absolute Gasteiger partial charge is 0.325 e. The average Bonchev–Trinajstić information content (AvgIpc) is 2.94. The van der Waals surface area contributed by atoms with Crippen LogP contribution >= 0.6 is 11.6 Å². The molecule has 0 fully saturated rings. The molecule has 0 spiro atoms. The summed E-state index contributed by atoms with van der Waals surface area (Å²) in [4.78, 5) is 36.3. The topological polar surface area (TPSA) is 100 Å². The van der Waals surface area contributed by atoms with Crippen molar-refractivity contribution < 1.29 is 19.5 Å². The molecule has 0 saturated carbocycles. The lowest BCUT2D eigenvalue weighted by Gasteiger charge is -2.24. The van der Waals surface area contributed by atoms with Crippen LogP contribution in [0.15, 0.2) is 24.3 Å². The summed E-state index contributed by atoms with van der Waals surface area (Å²) in [5.74, 6) is -2.23. The molecule has 0 aliphatic carbocycles. The zero-order chi connectivity index (χ0) is 20.3. The van der Waals surface area contributed by atoms with Crippen molar-refractivity contribution in [3.05, 3.63) is 35.0 Å². The highest BCUT2D eigenvalue weighted by Gasteiger charge is 2.29. The van der Waals surface area contributed by atoms with Crippen molar-refractivity contribution in [2.75, 3.05) is 0 Å². The minimum Gasteiger partial charge on any atom is -0.480 e. The van der Waals surface area contributed by atoms with Crippen LogP contribution in [0.25, 0.3) is 10.9 Å². The van der Waals surface area contributed by atoms with Crippen LogP contribution < -0.4 is 10.6 Å². The van der Waals surface area contributed by atoms with Crippen molar-refractivity contribution in [2.45, 2.75) is 39.3 Å². The molecule has 0 aliphatic rings. The SMILES string of the molecule is CCC(C)C(NC(=O)c1cc2cc(Cl)ccc2n1C)C(=O)NC(C)C(=O)O. The fourth-order valence-electron chi connectivity index (χ4n) is 2.82. The summed E-state index contributed by atoms with van der Waals surface area (Å²) in [5.41, 5.74) is 1.23. The minimum absolute atomic E-state index is 0.168. The molecule has 0 bridgehead atoms. The number of aromatic nitrogens is 1. The van der Waals surface area contributed by atoms with Gasteiger partial charge in [-0.15, -0.1) is 0 Å². The van der Waals surface area contributed by atoms with Gasteiger partial charge in [0.25, 0.3) is 5.91 Å². The molecule has 0 aliphatic heterocycles. The van der Waals surface area contributed by atoms with Gasteiger partial charge < -0.3 is 20.3 Å². The first-order valence-electron chi connectivity index (χ1n) is 8.74. The van der Waals surface area contributed by atoms with E-state index in [1.54, 1.807) is 29.8 Å². The third-order valence-corrected chi connectivity index (χ3v) is 4.98. The Bertz CT molecular complexity index is 877. The van der Waals surface area contributed by atoms with Crippen LogP contribution in [0.4, 0.5) is 0 Å². The Labute approximate surface area is 162 Å². The molecule has 3 N–H and O–H groups in total. The highest BCUT2D eigenvalue weighted by atomic mass is 35.5. The van der Waals surface area contributed by atoms with Crippen LogP contribution in [-0.4, -0.2) is 39.5 Å². The van der Waals surface area contributed by atoms with Crippen LogP contribution in [-0.2, 0) is 16.6 Å². The molecule has 2 aromatic rings. The second-order valence-electron chi connectivity index (χ2n) is 6.70. The molecule has 3 unspecified atom stereocenters. The standard InChI is InChI=1S/C19H24ClN3O4/c1-5-10(2)16(18(25)21-11(3)19(26)27)22-17(24)15-9-12-8-13(20)6-7-14(12)23(15)4/h6-11,16H,5H2,1-4H3,(H,21,25)(H,22,24)(H,26,27). The number of fused-ring (bicyclic) bond motifs is 1. The van der Waals surface area contributed by atoms with Crippen LogP contribution in [0.5, 0.6) is 0 Å². The number of carboxylic acid groups (broad SMARTS) is 1. The molecule has 146 valence electrons. The van der Waals surface area contributed by atoms with E-state index in [4.69, 9.17) is 16.7 Å². The van der Waals surface area contributed by atoms with Gasteiger partial charge in [0, 0.05) is 23.0 Å². The predicted molar refractivity (Wildman–Crippen MR) is 104 cm³/mol. The number of hydrogen-bond acceptors (Lipinski definition) is 3. The Balaban J connectivity index is 2.27. The van der Waals surface area contributed by atoms with E-state index in [0.29, 0.717) is 17.1 Å². The summed E-state index contributed by atoms with van der Waals surface area (Å²) in [5, 5.41) is 15.5. The highest BCUT2D eigenvalue weighted by Crippen LogP contribution is 2.23. The number of amides is 2. The Morgan fingerprint density at radius 2 is 1.85 bits per heavy atom. The normalized spacial score (nSPS) is 14.4. The Hall–Kier alpha value is -2.54. The van der Waals surface area contributed by atoms with Crippen molar-refractivity contribution in [2.24, 2.45) is 13.0 Å². The van der Waals surface area contributed by atoms with Gasteiger partial charge in [-0.25, -0.2) is 0 Å². The van der Waals surface area contributed by atoms with Crippen LogP contribution in [0, 0.1) is 5.92 Å². The molecule has 1 aromatic heterocycles. The van der Waals surface area contributed by atoms with E-state index >= 15 is 0 Å². The summed E-state index contributed by atoms with van der Waals surface area (Å²) >= 11 is 6.01. The van der Waals surface area contributed by atoms with Crippen molar-refractivity contribution in [1.82, 2.24) is 15.2 Å². The fraction of sp³-hybridized carbons (Fsp3) is 0.421. The van der Waals surface area contributed by atoms with Gasteiger partial charge >= 0.3 is 5.97 Å². The lowest BCUT2D eigenvalue weighted by Crippen LogP contribution is -2.53. The van der Waals surface area contributed by atoms with E-state index in [-0.39, 0.29) is 5.92 Å². The zero-order valence-electron chi connectivity index (χ0n) is 15.7. The molecular formula is C19H24ClN3O4. The highest BCUT2D eigenvalue weighted by molar-refractivity contribution is 6.31. The Morgan fingerprint density at radius 1 is 1.19 bits per heavy atom. The minimum atomic E-state index is -1.14. The summed E-state index contributed by atoms with van der Waals surface area (Å²) < 4.78 is 1.73. The van der Waals surface area contributed by atoms with Crippen molar-refractivity contribution in [1.29, 1.82) is 0 Å². The van der Waals surface area contributed by atoms with Crippen LogP contribution in [0.1, 0.15) is 37.7 Å². The van der Waals surface area contributed by atoms with Gasteiger partial charge in [0.1, 0.15) is 17.8 Å². The van der Waals surface area contributed by atoms with Crippen molar-refractivity contribution in [3.63, 3.8) is 0 Å². The number of rotatable bonds is 7. The fourth-order valence-corrected chi connectivity index (χ4v) is 3.00. The van der Waals surface area contributed by atoms with Crippen LogP contribution in [0.2, 0.25) is 5.02 Å². The number of halogens is 1. The molecule has 27 heavy (non-hydrogen) atoms. The third-order valence-electron chi connectivity index (χ3n) is 4.75. The molecule has 7 nitrogen and oxygen atoms in total. The largest absolute Gasteiger partial charge is 0.480 e. The number of nitrogens with one attached hydrogen (secondary N) is 2. The summed E-state index contributed by atoms with van der Waals surface area (Å²) in [7, 11) is 1.76. The number of hydrogen-bond donors (Lipinski definition) is 3. The first kappa shape index (κ1) is 20.8. The summed E-state index contributed by atoms with van der Waals surface area (Å²) in [6.45, 7) is 5.11. The van der Waals surface area contributed by atoms with Crippen molar-refractivity contribution >= 4 is 40.3 Å². The maximum absolute atomic E-state index is 12.8. The average molecular weight is 394 g/mol. The molecule has 0 radical (unpaired) electrons. The first-order valence-corrected chi connectivity index (χ1v) is 9.12. The zero-order valence-corrected chi connectivity index (χ0v) is 16.5. The number of carbonyl (C=O) groups is 3. The third kappa shape index (κ3) is 4.60. The van der Waals surface area contributed by atoms with Gasteiger partial charge in [0.15, 0.2) is 0 Å². The number of carbonyl (C=O) groups excluding carboxylic acids is 2. The second-order valence-corrected chi connectivity index (χ2v) is 7.13. The maximum Gasteiger partial charge on any atom is 0.325 e. The molecule has 1 aromatic carbocycles. The van der Waals surface area contributed by atoms with Gasteiger partial charge in [-0.1, -0.05) is 31.9 Å².